The van der Waals surface area contributed by atoms with Crippen LogP contribution < -0.4 is 4.74 Å². The summed E-state index contributed by atoms with van der Waals surface area (Å²) in [5.74, 6) is 0.927. The van der Waals surface area contributed by atoms with E-state index in [4.69, 9.17) is 9.47 Å². The van der Waals surface area contributed by atoms with Crippen molar-refractivity contribution >= 4 is 5.78 Å². The first kappa shape index (κ1) is 17.8. The first-order chi connectivity index (χ1) is 11.9. The predicted octanol–water partition coefficient (Wildman–Crippen LogP) is 2.65. The minimum absolute atomic E-state index is 0.104. The van der Waals surface area contributed by atoms with E-state index >= 15 is 0 Å². The van der Waals surface area contributed by atoms with Crippen molar-refractivity contribution in [1.82, 2.24) is 4.90 Å². The molecular formula is C20H27NO4. The third kappa shape index (κ3) is 2.61. The number of piperidine rings is 1. The van der Waals surface area contributed by atoms with Gasteiger partial charge in [-0.2, -0.15) is 0 Å². The van der Waals surface area contributed by atoms with E-state index < -0.39 is 5.41 Å². The van der Waals surface area contributed by atoms with Gasteiger partial charge in [-0.25, -0.2) is 0 Å². The van der Waals surface area contributed by atoms with Crippen LogP contribution >= 0.6 is 0 Å². The molecule has 0 amide bonds. The van der Waals surface area contributed by atoms with Gasteiger partial charge >= 0.3 is 0 Å². The molecule has 2 aliphatic rings. The summed E-state index contributed by atoms with van der Waals surface area (Å²) in [5.41, 5.74) is 1.55. The number of nitrogens with zero attached hydrogens (tertiary/aromatic N) is 1. The molecule has 1 saturated heterocycles. The number of fused-ring (bicyclic) bond motifs is 4. The molecule has 1 fully saturated rings. The Hall–Kier alpha value is -2.01. The van der Waals surface area contributed by atoms with E-state index in [-0.39, 0.29) is 23.2 Å². The third-order valence-electron chi connectivity index (χ3n) is 6.33. The van der Waals surface area contributed by atoms with Crippen molar-refractivity contribution in [1.29, 1.82) is 0 Å². The molecule has 1 aromatic rings. The highest BCUT2D eigenvalue weighted by Gasteiger charge is 2.53. The number of allylic oxidation sites excluding steroid dienone is 1. The number of aromatic hydroxyl groups is 1. The topological polar surface area (TPSA) is 59.0 Å². The van der Waals surface area contributed by atoms with E-state index in [0.717, 1.165) is 30.5 Å². The Labute approximate surface area is 149 Å². The van der Waals surface area contributed by atoms with Crippen LogP contribution in [-0.2, 0) is 21.4 Å². The molecule has 2 bridgehead atoms. The molecule has 5 heteroatoms. The van der Waals surface area contributed by atoms with Crippen molar-refractivity contribution in [3.05, 3.63) is 35.6 Å². The highest BCUT2D eigenvalue weighted by molar-refractivity contribution is 5.94. The number of carbonyl (C=O) groups excluding carboxylic acids is 1. The summed E-state index contributed by atoms with van der Waals surface area (Å²) in [7, 11) is 5.15. The number of Topliss-reactive ketones (excluding diaryl/α,β-unsaturated/α-hetero) is 1. The van der Waals surface area contributed by atoms with Gasteiger partial charge in [-0.1, -0.05) is 19.6 Å². The summed E-state index contributed by atoms with van der Waals surface area (Å²) in [6, 6.07) is 4.18. The second kappa shape index (κ2) is 6.37. The second-order valence-electron chi connectivity index (χ2n) is 7.32. The first-order valence-electron chi connectivity index (χ1n) is 8.71. The lowest BCUT2D eigenvalue weighted by Crippen LogP contribution is -2.58. The summed E-state index contributed by atoms with van der Waals surface area (Å²) >= 11 is 0. The molecule has 25 heavy (non-hydrogen) atoms. The summed E-state index contributed by atoms with van der Waals surface area (Å²) in [6.07, 6.45) is 1.96. The predicted molar refractivity (Wildman–Crippen MR) is 96.0 cm³/mol. The first-order valence-corrected chi connectivity index (χ1v) is 8.71. The lowest BCUT2D eigenvalue weighted by molar-refractivity contribution is -0.121. The Kier molecular flexibility index (Phi) is 4.54. The highest BCUT2D eigenvalue weighted by Crippen LogP contribution is 2.55. The number of benzene rings is 1. The number of phenolic OH excluding ortho intramolecular Hbond substituents is 1. The zero-order chi connectivity index (χ0) is 18.4. The Morgan fingerprint density at radius 2 is 2.16 bits per heavy atom. The van der Waals surface area contributed by atoms with Gasteiger partial charge in [0.1, 0.15) is 0 Å². The number of phenols is 1. The maximum Gasteiger partial charge on any atom is 0.197 e. The Morgan fingerprint density at radius 3 is 2.80 bits per heavy atom. The van der Waals surface area contributed by atoms with Crippen LogP contribution in [0.4, 0.5) is 0 Å². The normalized spacial score (nSPS) is 28.2. The number of hydrogen-bond acceptors (Lipinski definition) is 5. The third-order valence-corrected chi connectivity index (χ3v) is 6.33. The van der Waals surface area contributed by atoms with Crippen LogP contribution in [0, 0.1) is 5.92 Å². The van der Waals surface area contributed by atoms with Crippen LogP contribution in [0.1, 0.15) is 30.9 Å². The Bertz CT molecular complexity index is 714. The van der Waals surface area contributed by atoms with Gasteiger partial charge in [0, 0.05) is 23.4 Å². The zero-order valence-electron chi connectivity index (χ0n) is 15.5. The van der Waals surface area contributed by atoms with Crippen molar-refractivity contribution in [2.75, 3.05) is 27.8 Å². The summed E-state index contributed by atoms with van der Waals surface area (Å²) in [4.78, 5) is 15.1. The molecule has 0 radical (unpaired) electrons. The van der Waals surface area contributed by atoms with Gasteiger partial charge in [0.25, 0.3) is 0 Å². The van der Waals surface area contributed by atoms with Crippen molar-refractivity contribution < 1.29 is 19.4 Å². The molecule has 0 aromatic heterocycles. The molecule has 1 aliphatic carbocycles. The lowest BCUT2D eigenvalue weighted by atomic mass is 9.56. The minimum Gasteiger partial charge on any atom is -0.504 e. The zero-order valence-corrected chi connectivity index (χ0v) is 15.5. The fraction of sp³-hybridized carbons (Fsp3) is 0.550. The minimum atomic E-state index is -0.429. The lowest BCUT2D eigenvalue weighted by Gasteiger charge is -2.55. The van der Waals surface area contributed by atoms with Gasteiger partial charge in [-0.15, -0.1) is 0 Å². The summed E-state index contributed by atoms with van der Waals surface area (Å²) in [6.45, 7) is 6.80. The second-order valence-corrected chi connectivity index (χ2v) is 7.32. The molecule has 0 saturated carbocycles. The molecular weight excluding hydrogens is 318 g/mol. The molecule has 1 aliphatic heterocycles. The molecule has 3 atom stereocenters. The summed E-state index contributed by atoms with van der Waals surface area (Å²) < 4.78 is 10.4. The van der Waals surface area contributed by atoms with E-state index in [2.05, 4.69) is 25.5 Å². The molecule has 1 N–H and O–H groups in total. The van der Waals surface area contributed by atoms with E-state index in [1.807, 2.05) is 12.1 Å². The van der Waals surface area contributed by atoms with E-state index in [9.17, 15) is 9.90 Å². The fourth-order valence-electron chi connectivity index (χ4n) is 4.77. The van der Waals surface area contributed by atoms with Gasteiger partial charge in [0.15, 0.2) is 23.0 Å². The number of methoxy groups -OCH3 is 2. The smallest absolute Gasteiger partial charge is 0.197 e. The number of hydrogen-bond donors (Lipinski definition) is 1. The summed E-state index contributed by atoms with van der Waals surface area (Å²) in [5, 5.41) is 10.9. The molecule has 3 rings (SSSR count). The van der Waals surface area contributed by atoms with Crippen molar-refractivity contribution in [2.45, 2.75) is 37.6 Å². The number of likely N-dealkylation sites (tertiary alicyclic amines) is 1. The van der Waals surface area contributed by atoms with Crippen molar-refractivity contribution in [3.8, 4) is 11.5 Å². The van der Waals surface area contributed by atoms with Gasteiger partial charge in [0.05, 0.1) is 14.2 Å². The van der Waals surface area contributed by atoms with Crippen LogP contribution in [0.3, 0.4) is 0 Å². The highest BCUT2D eigenvalue weighted by atomic mass is 16.5. The molecule has 5 nitrogen and oxygen atoms in total. The Balaban J connectivity index is 2.17. The molecule has 0 spiro atoms. The maximum atomic E-state index is 12.7. The van der Waals surface area contributed by atoms with Crippen LogP contribution in [0.5, 0.6) is 11.5 Å². The largest absolute Gasteiger partial charge is 0.504 e. The quantitative estimate of drug-likeness (QED) is 0.657. The number of ether oxygens (including phenoxy) is 2. The number of rotatable bonds is 5. The SMILES string of the molecule is C=C(OC)C(=O)CC12CCN(C)C(Cc3ccc(OC)c(O)c31)C2C. The Morgan fingerprint density at radius 1 is 1.44 bits per heavy atom. The van der Waals surface area contributed by atoms with Crippen molar-refractivity contribution in [2.24, 2.45) is 5.92 Å². The standard InChI is InChI=1S/C20H27NO4/c1-12-15-10-14-6-7-17(25-5)19(23)18(14)20(12,8-9-21(15)3)11-16(22)13(2)24-4/h6-7,12,15,23H,2,8-11H2,1,3-5H3. The number of carbonyl (C=O) groups is 1. The number of ketones is 1. The van der Waals surface area contributed by atoms with Gasteiger partial charge in [-0.05, 0) is 44.0 Å². The fourth-order valence-corrected chi connectivity index (χ4v) is 4.77. The molecule has 3 unspecified atom stereocenters. The van der Waals surface area contributed by atoms with Crippen LogP contribution in [-0.4, -0.2) is 49.6 Å². The van der Waals surface area contributed by atoms with Gasteiger partial charge in [-0.3, -0.25) is 4.79 Å². The van der Waals surface area contributed by atoms with E-state index in [1.54, 1.807) is 7.11 Å². The maximum absolute atomic E-state index is 12.7. The molecule has 1 aromatic carbocycles. The van der Waals surface area contributed by atoms with Crippen LogP contribution in [0.15, 0.2) is 24.5 Å². The molecule has 1 heterocycles. The van der Waals surface area contributed by atoms with E-state index in [1.165, 1.54) is 7.11 Å². The van der Waals surface area contributed by atoms with Crippen LogP contribution in [0.25, 0.3) is 0 Å². The van der Waals surface area contributed by atoms with Gasteiger partial charge < -0.3 is 19.5 Å². The van der Waals surface area contributed by atoms with Gasteiger partial charge in [0.2, 0.25) is 0 Å². The van der Waals surface area contributed by atoms with Crippen molar-refractivity contribution in [3.63, 3.8) is 0 Å². The van der Waals surface area contributed by atoms with E-state index in [0.29, 0.717) is 18.2 Å². The number of likely N-dealkylation sites (N-methyl/N-ethyl adjacent to an activating group) is 1. The monoisotopic (exact) mass is 345 g/mol. The average molecular weight is 345 g/mol. The molecule has 136 valence electrons. The average Bonchev–Trinajstić information content (AvgIpc) is 2.60. The van der Waals surface area contributed by atoms with Crippen LogP contribution in [0.2, 0.25) is 0 Å².